The van der Waals surface area contributed by atoms with Crippen molar-refractivity contribution in [3.63, 3.8) is 0 Å². The largest absolute Gasteiger partial charge is 0.451 e. The Bertz CT molecular complexity index is 633. The van der Waals surface area contributed by atoms with E-state index in [9.17, 15) is 9.18 Å². The zero-order chi connectivity index (χ0) is 15.2. The van der Waals surface area contributed by atoms with E-state index in [-0.39, 0.29) is 17.5 Å². The van der Waals surface area contributed by atoms with E-state index < -0.39 is 0 Å². The summed E-state index contributed by atoms with van der Waals surface area (Å²) in [6.07, 6.45) is 3.29. The van der Waals surface area contributed by atoms with Crippen LogP contribution in [-0.4, -0.2) is 23.9 Å². The first-order valence-corrected chi connectivity index (χ1v) is 6.52. The molecule has 0 radical (unpaired) electrons. The number of benzene rings is 1. The third-order valence-corrected chi connectivity index (χ3v) is 2.93. The summed E-state index contributed by atoms with van der Waals surface area (Å²) in [5, 5.41) is 0. The van der Waals surface area contributed by atoms with Crippen LogP contribution < -0.4 is 0 Å². The minimum absolute atomic E-state index is 0.233. The molecule has 2 rings (SSSR count). The number of hydrogen-bond acceptors (Lipinski definition) is 2. The second-order valence-electron chi connectivity index (χ2n) is 4.46. The standard InChI is InChI=1S/C17H16FNO2/c1-3-11-19(12-4-2)17(20)16-10-9-15(21-16)13-5-7-14(18)8-6-13/h3-10H,1-2,11-12H2. The molecular formula is C17H16FNO2. The molecule has 1 heterocycles. The van der Waals surface area contributed by atoms with Crippen LogP contribution in [0.1, 0.15) is 10.6 Å². The number of nitrogens with zero attached hydrogens (tertiary/aromatic N) is 1. The van der Waals surface area contributed by atoms with Gasteiger partial charge in [0, 0.05) is 18.7 Å². The first kappa shape index (κ1) is 14.8. The summed E-state index contributed by atoms with van der Waals surface area (Å²) >= 11 is 0. The molecule has 0 spiro atoms. The summed E-state index contributed by atoms with van der Waals surface area (Å²) in [5.74, 6) is 0.210. The van der Waals surface area contributed by atoms with Crippen LogP contribution in [0.4, 0.5) is 4.39 Å². The fourth-order valence-electron chi connectivity index (χ4n) is 1.93. The molecule has 0 N–H and O–H groups in total. The molecular weight excluding hydrogens is 269 g/mol. The lowest BCUT2D eigenvalue weighted by Crippen LogP contribution is -2.30. The van der Waals surface area contributed by atoms with Crippen molar-refractivity contribution >= 4 is 5.91 Å². The van der Waals surface area contributed by atoms with Gasteiger partial charge in [-0.1, -0.05) is 12.2 Å². The molecule has 108 valence electrons. The van der Waals surface area contributed by atoms with Crippen molar-refractivity contribution in [2.75, 3.05) is 13.1 Å². The maximum absolute atomic E-state index is 12.9. The smallest absolute Gasteiger partial charge is 0.290 e. The second kappa shape index (κ2) is 6.70. The summed E-state index contributed by atoms with van der Waals surface area (Å²) < 4.78 is 18.5. The van der Waals surface area contributed by atoms with Gasteiger partial charge in [0.2, 0.25) is 0 Å². The molecule has 1 aromatic carbocycles. The molecule has 1 amide bonds. The molecule has 0 bridgehead atoms. The molecule has 21 heavy (non-hydrogen) atoms. The van der Waals surface area contributed by atoms with Gasteiger partial charge in [-0.2, -0.15) is 0 Å². The molecule has 0 unspecified atom stereocenters. The van der Waals surface area contributed by atoms with Gasteiger partial charge in [-0.05, 0) is 36.4 Å². The fraction of sp³-hybridized carbons (Fsp3) is 0.118. The monoisotopic (exact) mass is 285 g/mol. The Labute approximate surface area is 123 Å². The van der Waals surface area contributed by atoms with Gasteiger partial charge in [0.1, 0.15) is 11.6 Å². The van der Waals surface area contributed by atoms with Crippen molar-refractivity contribution in [2.24, 2.45) is 0 Å². The SMILES string of the molecule is C=CCN(CC=C)C(=O)c1ccc(-c2ccc(F)cc2)o1. The second-order valence-corrected chi connectivity index (χ2v) is 4.46. The first-order chi connectivity index (χ1) is 10.2. The van der Waals surface area contributed by atoms with Crippen molar-refractivity contribution in [3.8, 4) is 11.3 Å². The van der Waals surface area contributed by atoms with Crippen LogP contribution in [0.15, 0.2) is 66.1 Å². The molecule has 0 saturated carbocycles. The molecule has 1 aromatic heterocycles. The zero-order valence-corrected chi connectivity index (χ0v) is 11.6. The summed E-state index contributed by atoms with van der Waals surface area (Å²) in [7, 11) is 0. The number of rotatable bonds is 6. The van der Waals surface area contributed by atoms with E-state index in [2.05, 4.69) is 13.2 Å². The van der Waals surface area contributed by atoms with Gasteiger partial charge in [-0.3, -0.25) is 4.79 Å². The van der Waals surface area contributed by atoms with Crippen LogP contribution in [0, 0.1) is 5.82 Å². The van der Waals surface area contributed by atoms with Crippen molar-refractivity contribution < 1.29 is 13.6 Å². The van der Waals surface area contributed by atoms with Gasteiger partial charge in [0.15, 0.2) is 5.76 Å². The lowest BCUT2D eigenvalue weighted by molar-refractivity contribution is 0.0760. The van der Waals surface area contributed by atoms with E-state index in [4.69, 9.17) is 4.42 Å². The fourth-order valence-corrected chi connectivity index (χ4v) is 1.93. The van der Waals surface area contributed by atoms with E-state index in [1.165, 1.54) is 12.1 Å². The van der Waals surface area contributed by atoms with Crippen LogP contribution in [0.2, 0.25) is 0 Å². The summed E-state index contributed by atoms with van der Waals surface area (Å²) in [6, 6.07) is 9.21. The highest BCUT2D eigenvalue weighted by Gasteiger charge is 2.17. The highest BCUT2D eigenvalue weighted by molar-refractivity contribution is 5.92. The molecule has 0 atom stereocenters. The molecule has 2 aromatic rings. The molecule has 3 nitrogen and oxygen atoms in total. The number of hydrogen-bond donors (Lipinski definition) is 0. The van der Waals surface area contributed by atoms with Crippen molar-refractivity contribution in [1.29, 1.82) is 0 Å². The minimum Gasteiger partial charge on any atom is -0.451 e. The predicted octanol–water partition coefficient (Wildman–Crippen LogP) is 3.90. The maximum atomic E-state index is 12.9. The highest BCUT2D eigenvalue weighted by Crippen LogP contribution is 2.23. The minimum atomic E-state index is -0.315. The molecule has 0 saturated heterocycles. The van der Waals surface area contributed by atoms with Gasteiger partial charge in [0.25, 0.3) is 5.91 Å². The van der Waals surface area contributed by atoms with Gasteiger partial charge >= 0.3 is 0 Å². The average molecular weight is 285 g/mol. The normalized spacial score (nSPS) is 10.1. The van der Waals surface area contributed by atoms with Gasteiger partial charge in [-0.15, -0.1) is 13.2 Å². The van der Waals surface area contributed by atoms with Crippen LogP contribution in [-0.2, 0) is 0 Å². The van der Waals surface area contributed by atoms with E-state index >= 15 is 0 Å². The van der Waals surface area contributed by atoms with Crippen LogP contribution in [0.3, 0.4) is 0 Å². The summed E-state index contributed by atoms with van der Waals surface area (Å²) in [6.45, 7) is 8.08. The molecule has 0 fully saturated rings. The Morgan fingerprint density at radius 3 is 2.29 bits per heavy atom. The van der Waals surface area contributed by atoms with Crippen molar-refractivity contribution in [2.45, 2.75) is 0 Å². The Balaban J connectivity index is 2.22. The Kier molecular flexibility index (Phi) is 4.72. The number of furan rings is 1. The highest BCUT2D eigenvalue weighted by atomic mass is 19.1. The number of carbonyl (C=O) groups excluding carboxylic acids is 1. The van der Waals surface area contributed by atoms with Gasteiger partial charge < -0.3 is 9.32 Å². The molecule has 4 heteroatoms. The third-order valence-electron chi connectivity index (χ3n) is 2.93. The third kappa shape index (κ3) is 3.48. The van der Waals surface area contributed by atoms with E-state index in [1.807, 2.05) is 0 Å². The van der Waals surface area contributed by atoms with Gasteiger partial charge in [0.05, 0.1) is 0 Å². The topological polar surface area (TPSA) is 33.5 Å². The molecule has 0 aliphatic rings. The van der Waals surface area contributed by atoms with Crippen LogP contribution in [0.5, 0.6) is 0 Å². The van der Waals surface area contributed by atoms with Crippen LogP contribution in [0.25, 0.3) is 11.3 Å². The quantitative estimate of drug-likeness (QED) is 0.754. The molecule has 0 aliphatic heterocycles. The zero-order valence-electron chi connectivity index (χ0n) is 11.6. The Morgan fingerprint density at radius 1 is 1.10 bits per heavy atom. The number of halogens is 1. The van der Waals surface area contributed by atoms with E-state index in [1.54, 1.807) is 41.3 Å². The average Bonchev–Trinajstić information content (AvgIpc) is 2.97. The summed E-state index contributed by atoms with van der Waals surface area (Å²) in [4.78, 5) is 13.9. The summed E-state index contributed by atoms with van der Waals surface area (Å²) in [5.41, 5.74) is 0.717. The van der Waals surface area contributed by atoms with E-state index in [0.29, 0.717) is 18.8 Å². The lowest BCUT2D eigenvalue weighted by Gasteiger charge is -2.17. The number of carbonyl (C=O) groups is 1. The van der Waals surface area contributed by atoms with Gasteiger partial charge in [-0.25, -0.2) is 4.39 Å². The van der Waals surface area contributed by atoms with Crippen molar-refractivity contribution in [1.82, 2.24) is 4.90 Å². The lowest BCUT2D eigenvalue weighted by atomic mass is 10.2. The maximum Gasteiger partial charge on any atom is 0.290 e. The Morgan fingerprint density at radius 2 is 1.71 bits per heavy atom. The Hall–Kier alpha value is -2.62. The first-order valence-electron chi connectivity index (χ1n) is 6.52. The predicted molar refractivity (Wildman–Crippen MR) is 80.4 cm³/mol. The number of amides is 1. The van der Waals surface area contributed by atoms with E-state index in [0.717, 1.165) is 5.56 Å². The van der Waals surface area contributed by atoms with Crippen molar-refractivity contribution in [3.05, 3.63) is 73.3 Å². The molecule has 0 aliphatic carbocycles. The van der Waals surface area contributed by atoms with Crippen LogP contribution >= 0.6 is 0 Å².